The molecule has 0 saturated heterocycles. The topological polar surface area (TPSA) is 81.7 Å². The first-order valence-corrected chi connectivity index (χ1v) is 8.22. The predicted molar refractivity (Wildman–Crippen MR) is 78.2 cm³/mol. The Labute approximate surface area is 120 Å². The summed E-state index contributed by atoms with van der Waals surface area (Å²) in [5, 5.41) is 0.738. The second-order valence-electron chi connectivity index (χ2n) is 4.07. The number of anilines is 1. The van der Waals surface area contributed by atoms with Crippen molar-refractivity contribution >= 4 is 43.1 Å². The lowest BCUT2D eigenvalue weighted by Crippen LogP contribution is -2.10. The highest BCUT2D eigenvalue weighted by molar-refractivity contribution is 7.92. The van der Waals surface area contributed by atoms with E-state index in [0.29, 0.717) is 16.3 Å². The van der Waals surface area contributed by atoms with Crippen molar-refractivity contribution in [2.24, 2.45) is 0 Å². The highest BCUT2D eigenvalue weighted by Gasteiger charge is 2.15. The van der Waals surface area contributed by atoms with Gasteiger partial charge in [0.1, 0.15) is 10.6 Å². The molecule has 0 saturated carbocycles. The Morgan fingerprint density at radius 3 is 2.50 bits per heavy atom. The number of esters is 1. The Bertz CT molecular complexity index is 763. The summed E-state index contributed by atoms with van der Waals surface area (Å²) in [5.74, 6) is -0.0380. The second kappa shape index (κ2) is 5.29. The summed E-state index contributed by atoms with van der Waals surface area (Å²) in [7, 11) is -0.653. The fraction of sp³-hybridized carbons (Fsp3) is 0.250. The monoisotopic (exact) mass is 315 g/mol. The van der Waals surface area contributed by atoms with Crippen LogP contribution in [0, 0.1) is 0 Å². The molecular weight excluding hydrogens is 302 g/mol. The van der Waals surface area contributed by atoms with E-state index in [2.05, 4.69) is 9.46 Å². The summed E-state index contributed by atoms with van der Waals surface area (Å²) in [6.07, 6.45) is 1.06. The van der Waals surface area contributed by atoms with Gasteiger partial charge in [0.15, 0.2) is 0 Å². The standard InChI is InChI=1S/C12H13NO5S2/c1-17-9-6-10-7(4-8(9)13-20(3,15)16)5-11(19-10)12(14)18-2/h4-6,13H,1-3H3. The van der Waals surface area contributed by atoms with Gasteiger partial charge in [-0.1, -0.05) is 0 Å². The molecule has 0 bridgehead atoms. The molecule has 8 heteroatoms. The minimum Gasteiger partial charge on any atom is -0.495 e. The minimum absolute atomic E-state index is 0.330. The van der Waals surface area contributed by atoms with Gasteiger partial charge in [-0.05, 0) is 17.5 Å². The van der Waals surface area contributed by atoms with Gasteiger partial charge < -0.3 is 9.47 Å². The lowest BCUT2D eigenvalue weighted by Gasteiger charge is -2.09. The fourth-order valence-electron chi connectivity index (χ4n) is 1.72. The van der Waals surface area contributed by atoms with Gasteiger partial charge in [-0.2, -0.15) is 0 Å². The molecule has 2 rings (SSSR count). The van der Waals surface area contributed by atoms with Crippen LogP contribution in [0.15, 0.2) is 18.2 Å². The number of fused-ring (bicyclic) bond motifs is 1. The molecule has 0 spiro atoms. The Hall–Kier alpha value is -1.80. The average Bonchev–Trinajstić information content (AvgIpc) is 2.77. The third-order valence-corrected chi connectivity index (χ3v) is 4.19. The number of carbonyl (C=O) groups is 1. The largest absolute Gasteiger partial charge is 0.495 e. The predicted octanol–water partition coefficient (Wildman–Crippen LogP) is 2.07. The Balaban J connectivity index is 2.56. The van der Waals surface area contributed by atoms with Gasteiger partial charge in [0, 0.05) is 10.8 Å². The van der Waals surface area contributed by atoms with Crippen LogP contribution in [0.2, 0.25) is 0 Å². The van der Waals surface area contributed by atoms with Crippen molar-refractivity contribution in [3.05, 3.63) is 23.1 Å². The lowest BCUT2D eigenvalue weighted by atomic mass is 10.2. The molecule has 0 fully saturated rings. The highest BCUT2D eigenvalue weighted by Crippen LogP contribution is 2.35. The van der Waals surface area contributed by atoms with Crippen molar-refractivity contribution in [2.45, 2.75) is 0 Å². The maximum Gasteiger partial charge on any atom is 0.348 e. The van der Waals surface area contributed by atoms with Crippen LogP contribution < -0.4 is 9.46 Å². The molecule has 6 nitrogen and oxygen atoms in total. The number of carbonyl (C=O) groups excluding carboxylic acids is 1. The van der Waals surface area contributed by atoms with E-state index in [0.717, 1.165) is 16.3 Å². The van der Waals surface area contributed by atoms with Crippen LogP contribution in [0.25, 0.3) is 10.1 Å². The van der Waals surface area contributed by atoms with E-state index in [1.807, 2.05) is 0 Å². The lowest BCUT2D eigenvalue weighted by molar-refractivity contribution is 0.0606. The number of benzene rings is 1. The molecule has 1 aromatic carbocycles. The van der Waals surface area contributed by atoms with Crippen molar-refractivity contribution in [1.29, 1.82) is 0 Å². The molecule has 2 aromatic rings. The second-order valence-corrected chi connectivity index (χ2v) is 6.90. The fourth-order valence-corrected chi connectivity index (χ4v) is 3.27. The molecule has 0 atom stereocenters. The van der Waals surface area contributed by atoms with Crippen LogP contribution in [0.3, 0.4) is 0 Å². The third kappa shape index (κ3) is 3.02. The van der Waals surface area contributed by atoms with Gasteiger partial charge >= 0.3 is 5.97 Å². The van der Waals surface area contributed by atoms with E-state index < -0.39 is 16.0 Å². The Kier molecular flexibility index (Phi) is 3.87. The van der Waals surface area contributed by atoms with Crippen molar-refractivity contribution in [2.75, 3.05) is 25.2 Å². The smallest absolute Gasteiger partial charge is 0.348 e. The van der Waals surface area contributed by atoms with Crippen molar-refractivity contribution in [3.8, 4) is 5.75 Å². The zero-order valence-electron chi connectivity index (χ0n) is 11.1. The molecule has 20 heavy (non-hydrogen) atoms. The molecule has 1 aromatic heterocycles. The SMILES string of the molecule is COC(=O)c1cc2cc(NS(C)(=O)=O)c(OC)cc2s1. The molecule has 0 aliphatic carbocycles. The zero-order valence-corrected chi connectivity index (χ0v) is 12.7. The van der Waals surface area contributed by atoms with E-state index >= 15 is 0 Å². The summed E-state index contributed by atoms with van der Waals surface area (Å²) in [6.45, 7) is 0. The molecular formula is C12H13NO5S2. The van der Waals surface area contributed by atoms with Gasteiger partial charge in [-0.3, -0.25) is 4.72 Å². The van der Waals surface area contributed by atoms with E-state index in [1.165, 1.54) is 25.6 Å². The summed E-state index contributed by atoms with van der Waals surface area (Å²) in [6, 6.07) is 4.96. The third-order valence-electron chi connectivity index (χ3n) is 2.52. The average molecular weight is 315 g/mol. The molecule has 0 radical (unpaired) electrons. The number of sulfonamides is 1. The summed E-state index contributed by atoms with van der Waals surface area (Å²) in [5.41, 5.74) is 0.330. The minimum atomic E-state index is -3.41. The quantitative estimate of drug-likeness (QED) is 0.873. The molecule has 0 aliphatic heterocycles. The molecule has 1 heterocycles. The zero-order chi connectivity index (χ0) is 14.9. The van der Waals surface area contributed by atoms with Crippen molar-refractivity contribution < 1.29 is 22.7 Å². The number of methoxy groups -OCH3 is 2. The molecule has 0 unspecified atom stereocenters. The Morgan fingerprint density at radius 2 is 1.95 bits per heavy atom. The summed E-state index contributed by atoms with van der Waals surface area (Å²) >= 11 is 1.25. The molecule has 0 aliphatic rings. The normalized spacial score (nSPS) is 11.3. The van der Waals surface area contributed by atoms with Gasteiger partial charge in [0.25, 0.3) is 0 Å². The maximum atomic E-state index is 11.5. The van der Waals surface area contributed by atoms with Crippen LogP contribution in [0.4, 0.5) is 5.69 Å². The summed E-state index contributed by atoms with van der Waals surface area (Å²) < 4.78 is 35.7. The van der Waals surface area contributed by atoms with Gasteiger partial charge in [-0.15, -0.1) is 11.3 Å². The highest BCUT2D eigenvalue weighted by atomic mass is 32.2. The van der Waals surface area contributed by atoms with E-state index in [9.17, 15) is 13.2 Å². The van der Waals surface area contributed by atoms with Crippen LogP contribution >= 0.6 is 11.3 Å². The number of thiophene rings is 1. The number of hydrogen-bond acceptors (Lipinski definition) is 6. The Morgan fingerprint density at radius 1 is 1.25 bits per heavy atom. The number of nitrogens with one attached hydrogen (secondary N) is 1. The van der Waals surface area contributed by atoms with Crippen LogP contribution in [0.1, 0.15) is 9.67 Å². The number of hydrogen-bond donors (Lipinski definition) is 1. The number of ether oxygens (including phenoxy) is 2. The van der Waals surface area contributed by atoms with Crippen molar-refractivity contribution in [3.63, 3.8) is 0 Å². The van der Waals surface area contributed by atoms with E-state index in [-0.39, 0.29) is 0 Å². The van der Waals surface area contributed by atoms with Crippen molar-refractivity contribution in [1.82, 2.24) is 0 Å². The summed E-state index contributed by atoms with van der Waals surface area (Å²) in [4.78, 5) is 11.9. The van der Waals surface area contributed by atoms with Crippen LogP contribution in [0.5, 0.6) is 5.75 Å². The first kappa shape index (κ1) is 14.6. The maximum absolute atomic E-state index is 11.5. The number of rotatable bonds is 4. The molecule has 108 valence electrons. The first-order chi connectivity index (χ1) is 9.34. The van der Waals surface area contributed by atoms with Gasteiger partial charge in [0.2, 0.25) is 10.0 Å². The van der Waals surface area contributed by atoms with Crippen LogP contribution in [-0.2, 0) is 14.8 Å². The molecule has 1 N–H and O–H groups in total. The first-order valence-electron chi connectivity index (χ1n) is 5.51. The molecule has 0 amide bonds. The van der Waals surface area contributed by atoms with Gasteiger partial charge in [-0.25, -0.2) is 13.2 Å². The van der Waals surface area contributed by atoms with Crippen LogP contribution in [-0.4, -0.2) is 34.9 Å². The van der Waals surface area contributed by atoms with E-state index in [4.69, 9.17) is 4.74 Å². The van der Waals surface area contributed by atoms with Gasteiger partial charge in [0.05, 0.1) is 26.2 Å². The van der Waals surface area contributed by atoms with E-state index in [1.54, 1.807) is 18.2 Å².